The molecule has 3 N–H and O–H groups in total. The molecule has 0 saturated carbocycles. The zero-order chi connectivity index (χ0) is 27.9. The van der Waals surface area contributed by atoms with Crippen LogP contribution in [-0.2, 0) is 19.7 Å². The molecule has 2 atom stereocenters. The van der Waals surface area contributed by atoms with Gasteiger partial charge in [0.2, 0.25) is 0 Å². The van der Waals surface area contributed by atoms with Crippen LogP contribution in [0.1, 0.15) is 103 Å². The normalized spacial score (nSPS) is 12.8. The van der Waals surface area contributed by atoms with E-state index in [0.717, 1.165) is 5.75 Å². The van der Waals surface area contributed by atoms with Gasteiger partial charge in [-0.05, 0) is 0 Å². The maximum Gasteiger partial charge on any atom is 0.325 e. The summed E-state index contributed by atoms with van der Waals surface area (Å²) in [6, 6.07) is 10.4. The quantitative estimate of drug-likeness (QED) is 0.0917. The van der Waals surface area contributed by atoms with Gasteiger partial charge >= 0.3 is 155 Å². The fourth-order valence-corrected chi connectivity index (χ4v) is 5.22. The first-order chi connectivity index (χ1) is 17.6. The summed E-state index contributed by atoms with van der Waals surface area (Å²) in [5.74, 6) is -2.46. The topological polar surface area (TPSA) is 138 Å². The second-order valence-corrected chi connectivity index (χ2v) is 12.1. The Labute approximate surface area is 240 Å². The first-order valence-electron chi connectivity index (χ1n) is 13.7. The van der Waals surface area contributed by atoms with Crippen LogP contribution in [0.3, 0.4) is 0 Å². The Bertz CT molecular complexity index is 817. The Kier molecular flexibility index (Phi) is 22.1. The molecular weight excluding hydrogens is 507 g/mol. The number of benzene rings is 1. The number of carbonyl (C=O) groups is 2. The Morgan fingerprint density at radius 2 is 1.32 bits per heavy atom. The van der Waals surface area contributed by atoms with Crippen LogP contribution in [0.15, 0.2) is 30.3 Å². The van der Waals surface area contributed by atoms with Crippen LogP contribution in [0.4, 0.5) is 0 Å². The summed E-state index contributed by atoms with van der Waals surface area (Å²) in [5, 5.41) is 13.9. The molecular formula is C27H45NaO8S. The maximum atomic E-state index is 10.2. The van der Waals surface area contributed by atoms with Crippen molar-refractivity contribution in [3.05, 3.63) is 30.3 Å². The van der Waals surface area contributed by atoms with Crippen LogP contribution in [0, 0.1) is 0 Å². The van der Waals surface area contributed by atoms with Gasteiger partial charge in [0.15, 0.2) is 5.25 Å². The van der Waals surface area contributed by atoms with Gasteiger partial charge in [0.25, 0.3) is 10.1 Å². The van der Waals surface area contributed by atoms with E-state index in [1.165, 1.54) is 121 Å². The number of carboxylic acid groups (broad SMARTS) is 2. The minimum Gasteiger partial charge on any atom is -0.481 e. The van der Waals surface area contributed by atoms with Crippen molar-refractivity contribution in [1.29, 1.82) is 0 Å². The van der Waals surface area contributed by atoms with E-state index in [2.05, 4.69) is 37.3 Å². The van der Waals surface area contributed by atoms with E-state index in [1.54, 1.807) is 0 Å². The first-order valence-corrected chi connectivity index (χ1v) is 16.7. The third kappa shape index (κ3) is 21.5. The molecule has 208 valence electrons. The maximum absolute atomic E-state index is 10.2. The summed E-state index contributed by atoms with van der Waals surface area (Å²) in [6.45, 7) is 2.29. The molecule has 0 saturated heterocycles. The molecule has 0 aliphatic heterocycles. The number of carboxylic acids is 2. The van der Waals surface area contributed by atoms with Gasteiger partial charge in [-0.1, -0.05) is 32.6 Å². The Morgan fingerprint density at radius 3 is 1.70 bits per heavy atom. The second kappa shape index (κ2) is 22.8. The van der Waals surface area contributed by atoms with E-state index in [0.29, 0.717) is 6.10 Å². The number of rotatable bonds is 21. The van der Waals surface area contributed by atoms with Crippen molar-refractivity contribution in [2.75, 3.05) is 0 Å². The fraction of sp³-hybridized carbons (Fsp3) is 0.704. The van der Waals surface area contributed by atoms with E-state index >= 15 is 0 Å². The van der Waals surface area contributed by atoms with Crippen LogP contribution < -0.4 is 4.74 Å². The predicted molar refractivity (Wildman–Crippen MR) is 147 cm³/mol. The van der Waals surface area contributed by atoms with Crippen molar-refractivity contribution < 1.29 is 37.5 Å². The van der Waals surface area contributed by atoms with Crippen LogP contribution in [0.25, 0.3) is 0 Å². The molecule has 1 aromatic carbocycles. The summed E-state index contributed by atoms with van der Waals surface area (Å²) < 4.78 is 36.2. The van der Waals surface area contributed by atoms with Crippen molar-refractivity contribution in [2.45, 2.75) is 118 Å². The number of hydrogen-bond acceptors (Lipinski definition) is 5. The van der Waals surface area contributed by atoms with E-state index in [4.69, 9.17) is 19.5 Å². The van der Waals surface area contributed by atoms with E-state index in [-0.39, 0.29) is 0 Å². The molecule has 0 fully saturated rings. The van der Waals surface area contributed by atoms with Crippen LogP contribution in [0.5, 0.6) is 5.75 Å². The molecule has 0 bridgehead atoms. The third-order valence-electron chi connectivity index (χ3n) is 6.03. The van der Waals surface area contributed by atoms with Gasteiger partial charge in [-0.15, -0.1) is 0 Å². The number of ether oxygens (including phenoxy) is 1. The molecule has 0 amide bonds. The number of hydrogen-bond donors (Lipinski definition) is 3. The average molecular weight is 553 g/mol. The molecule has 10 heteroatoms. The van der Waals surface area contributed by atoms with Gasteiger partial charge in [0.05, 0.1) is 6.42 Å². The summed E-state index contributed by atoms with van der Waals surface area (Å²) in [5.41, 5.74) is 0. The van der Waals surface area contributed by atoms with E-state index in [1.807, 2.05) is 0 Å². The summed E-state index contributed by atoms with van der Waals surface area (Å²) in [7, 11) is -4.84. The van der Waals surface area contributed by atoms with E-state index < -0.39 is 33.7 Å². The van der Waals surface area contributed by atoms with Gasteiger partial charge in [-0.25, -0.2) is 0 Å². The van der Waals surface area contributed by atoms with Crippen LogP contribution >= 0.6 is 0 Å². The Morgan fingerprint density at radius 1 is 0.838 bits per heavy atom. The fourth-order valence-electron chi connectivity index (χ4n) is 3.97. The zero-order valence-electron chi connectivity index (χ0n) is 22.6. The second-order valence-electron chi connectivity index (χ2n) is 9.46. The Balaban J connectivity index is 0.000000908. The summed E-state index contributed by atoms with van der Waals surface area (Å²) in [4.78, 5) is 20.0. The zero-order valence-corrected chi connectivity index (χ0v) is 25.5. The van der Waals surface area contributed by atoms with Gasteiger partial charge in [-0.2, -0.15) is 8.42 Å². The SMILES string of the molecule is CCCCCCCCCCCCCCC(C[CH2][Na])Oc1ccccc1.O=C(O)CC(C(=O)O)S(=O)(=O)O. The minimum absolute atomic E-state index is 0.433. The largest absolute Gasteiger partial charge is 0.481 e. The molecule has 0 aliphatic rings. The van der Waals surface area contributed by atoms with E-state index in [9.17, 15) is 18.0 Å². The molecule has 2 unspecified atom stereocenters. The standard InChI is InChI=1S/C23H39O.C4H6O7S.Na/c1-3-5-6-7-8-9-10-11-12-13-14-16-19-22(4-2)24-23-20-17-15-18-21-23;5-3(6)1-2(4(7)8)12(9,10)11;/h15,17-18,20-22H,2-14,16,19H2,1H3;2H,1H2,(H,5,6)(H,7,8)(H,9,10,11);. The molecule has 1 rings (SSSR count). The van der Waals surface area contributed by atoms with Crippen molar-refractivity contribution in [3.63, 3.8) is 0 Å². The predicted octanol–water partition coefficient (Wildman–Crippen LogP) is 6.30. The van der Waals surface area contributed by atoms with Crippen molar-refractivity contribution in [3.8, 4) is 5.75 Å². The molecule has 37 heavy (non-hydrogen) atoms. The third-order valence-corrected chi connectivity index (χ3v) is 7.70. The van der Waals surface area contributed by atoms with Crippen molar-refractivity contribution >= 4 is 50.0 Å². The van der Waals surface area contributed by atoms with Crippen LogP contribution in [-0.4, -0.2) is 74.4 Å². The Hall–Kier alpha value is -1.13. The number of aliphatic carboxylic acids is 2. The van der Waals surface area contributed by atoms with Gasteiger partial charge in [0.1, 0.15) is 0 Å². The minimum atomic E-state index is -4.84. The van der Waals surface area contributed by atoms with Gasteiger partial charge < -0.3 is 10.2 Å². The molecule has 0 aromatic heterocycles. The number of para-hydroxylation sites is 1. The monoisotopic (exact) mass is 552 g/mol. The molecule has 0 spiro atoms. The van der Waals surface area contributed by atoms with Crippen molar-refractivity contribution in [1.82, 2.24) is 0 Å². The van der Waals surface area contributed by atoms with Crippen molar-refractivity contribution in [2.24, 2.45) is 0 Å². The number of unbranched alkanes of at least 4 members (excludes halogenated alkanes) is 11. The molecule has 8 nitrogen and oxygen atoms in total. The molecule has 0 heterocycles. The van der Waals surface area contributed by atoms with Gasteiger partial charge in [-0.3, -0.25) is 14.1 Å². The van der Waals surface area contributed by atoms with Crippen LogP contribution in [0.2, 0.25) is 3.67 Å². The molecule has 0 radical (unpaired) electrons. The first kappa shape index (κ1) is 35.9. The van der Waals surface area contributed by atoms with Gasteiger partial charge in [0, 0.05) is 0 Å². The summed E-state index contributed by atoms with van der Waals surface area (Å²) >= 11 is 1.29. The molecule has 0 aliphatic carbocycles. The average Bonchev–Trinajstić information content (AvgIpc) is 2.83. The summed E-state index contributed by atoms with van der Waals surface area (Å²) in [6.07, 6.45) is 18.8. The molecule has 1 aromatic rings. The smallest absolute Gasteiger partial charge is 0.325 e.